The Kier molecular flexibility index (Phi) is 9.74. The number of hydrogen-bond donors (Lipinski definition) is 2. The van der Waals surface area contributed by atoms with E-state index in [2.05, 4.69) is 35.4 Å². The number of nitrogens with zero attached hydrogens (tertiary/aromatic N) is 1. The molecule has 0 aliphatic carbocycles. The summed E-state index contributed by atoms with van der Waals surface area (Å²) in [7, 11) is 3.16. The van der Waals surface area contributed by atoms with Crippen molar-refractivity contribution in [2.75, 3.05) is 39.2 Å². The second-order valence-corrected chi connectivity index (χ2v) is 10.0. The fourth-order valence-corrected chi connectivity index (χ4v) is 4.64. The Morgan fingerprint density at radius 3 is 2.35 bits per heavy atom. The molecule has 6 nitrogen and oxygen atoms in total. The maximum absolute atomic E-state index is 12.7. The number of likely N-dealkylation sites (tertiary alicyclic amines) is 1. The van der Waals surface area contributed by atoms with Crippen molar-refractivity contribution in [1.82, 2.24) is 10.2 Å². The van der Waals surface area contributed by atoms with Crippen LogP contribution in [0.2, 0.25) is 10.0 Å². The molecule has 1 atom stereocenters. The Balaban J connectivity index is 1.49. The number of carbonyl (C=O) groups excluding carboxylic acids is 1. The lowest BCUT2D eigenvalue weighted by Gasteiger charge is -2.35. The van der Waals surface area contributed by atoms with Crippen LogP contribution in [0.4, 0.5) is 10.5 Å². The van der Waals surface area contributed by atoms with Gasteiger partial charge in [0.15, 0.2) is 11.5 Å². The molecule has 8 heteroatoms. The average Bonchev–Trinajstić information content (AvgIpc) is 2.82. The summed E-state index contributed by atoms with van der Waals surface area (Å²) < 4.78 is 10.6. The van der Waals surface area contributed by atoms with Crippen molar-refractivity contribution >= 4 is 34.9 Å². The van der Waals surface area contributed by atoms with Crippen LogP contribution in [0.25, 0.3) is 0 Å². The second-order valence-electron chi connectivity index (χ2n) is 9.22. The molecule has 2 aromatic carbocycles. The van der Waals surface area contributed by atoms with Gasteiger partial charge in [0, 0.05) is 24.3 Å². The fraction of sp³-hybridized carbons (Fsp3) is 0.500. The van der Waals surface area contributed by atoms with Crippen molar-refractivity contribution < 1.29 is 14.3 Å². The first kappa shape index (κ1) is 26.5. The lowest BCUT2D eigenvalue weighted by atomic mass is 9.89. The van der Waals surface area contributed by atoms with Crippen LogP contribution in [0.3, 0.4) is 0 Å². The third-order valence-electron chi connectivity index (χ3n) is 6.43. The number of anilines is 1. The molecule has 2 aromatic rings. The van der Waals surface area contributed by atoms with Crippen molar-refractivity contribution in [2.24, 2.45) is 11.8 Å². The molecular formula is C26H35Cl2N3O3. The standard InChI is InChI=1S/C26H35Cl2N3O3/c1-17(2)23(30-26(32)29-20-6-8-24(33-3)25(15-20)34-4)16-31-11-9-18(10-12-31)13-19-5-7-21(27)22(28)14-19/h5-8,14-15,17-18,23H,9-13,16H2,1-4H3,(H2,29,30,32). The number of amides is 2. The third-order valence-corrected chi connectivity index (χ3v) is 7.17. The van der Waals surface area contributed by atoms with Gasteiger partial charge in [-0.2, -0.15) is 0 Å². The summed E-state index contributed by atoms with van der Waals surface area (Å²) >= 11 is 12.2. The maximum atomic E-state index is 12.7. The Labute approximate surface area is 212 Å². The summed E-state index contributed by atoms with van der Waals surface area (Å²) in [5.74, 6) is 2.14. The van der Waals surface area contributed by atoms with Gasteiger partial charge in [-0.25, -0.2) is 4.79 Å². The number of hydrogen-bond acceptors (Lipinski definition) is 4. The predicted molar refractivity (Wildman–Crippen MR) is 140 cm³/mol. The van der Waals surface area contributed by atoms with E-state index < -0.39 is 0 Å². The number of nitrogens with one attached hydrogen (secondary N) is 2. The van der Waals surface area contributed by atoms with Crippen molar-refractivity contribution in [3.8, 4) is 11.5 Å². The van der Waals surface area contributed by atoms with Crippen molar-refractivity contribution in [1.29, 1.82) is 0 Å². The van der Waals surface area contributed by atoms with Crippen LogP contribution >= 0.6 is 23.2 Å². The molecule has 0 bridgehead atoms. The number of piperidine rings is 1. The van der Waals surface area contributed by atoms with E-state index in [9.17, 15) is 4.79 Å². The van der Waals surface area contributed by atoms with E-state index in [1.54, 1.807) is 32.4 Å². The highest BCUT2D eigenvalue weighted by atomic mass is 35.5. The summed E-state index contributed by atoms with van der Waals surface area (Å²) in [6.07, 6.45) is 3.27. The van der Waals surface area contributed by atoms with Crippen LogP contribution < -0.4 is 20.1 Å². The summed E-state index contributed by atoms with van der Waals surface area (Å²) in [5, 5.41) is 7.28. The smallest absolute Gasteiger partial charge is 0.319 e. The Morgan fingerprint density at radius 1 is 1.03 bits per heavy atom. The molecule has 2 N–H and O–H groups in total. The van der Waals surface area contributed by atoms with E-state index in [1.165, 1.54) is 5.56 Å². The Morgan fingerprint density at radius 2 is 1.74 bits per heavy atom. The van der Waals surface area contributed by atoms with Crippen molar-refractivity contribution in [2.45, 2.75) is 39.2 Å². The SMILES string of the molecule is COc1ccc(NC(=O)NC(CN2CCC(Cc3ccc(Cl)c(Cl)c3)CC2)C(C)C)cc1OC. The molecule has 1 aliphatic rings. The van der Waals surface area contributed by atoms with E-state index in [4.69, 9.17) is 32.7 Å². The van der Waals surface area contributed by atoms with Gasteiger partial charge in [0.1, 0.15) is 0 Å². The zero-order valence-electron chi connectivity index (χ0n) is 20.4. The first-order valence-electron chi connectivity index (χ1n) is 11.7. The molecule has 0 radical (unpaired) electrons. The zero-order chi connectivity index (χ0) is 24.7. The largest absolute Gasteiger partial charge is 0.493 e. The molecule has 0 aromatic heterocycles. The van der Waals surface area contributed by atoms with Gasteiger partial charge in [-0.05, 0) is 74.0 Å². The second kappa shape index (κ2) is 12.5. The monoisotopic (exact) mass is 507 g/mol. The molecule has 1 saturated heterocycles. The first-order valence-corrected chi connectivity index (χ1v) is 12.5. The van der Waals surface area contributed by atoms with Crippen LogP contribution in [0.15, 0.2) is 36.4 Å². The zero-order valence-corrected chi connectivity index (χ0v) is 21.9. The van der Waals surface area contributed by atoms with Gasteiger partial charge in [-0.15, -0.1) is 0 Å². The number of carbonyl (C=O) groups is 1. The van der Waals surface area contributed by atoms with E-state index >= 15 is 0 Å². The topological polar surface area (TPSA) is 62.8 Å². The van der Waals surface area contributed by atoms with Crippen LogP contribution in [-0.2, 0) is 6.42 Å². The van der Waals surface area contributed by atoms with Crippen molar-refractivity contribution in [3.63, 3.8) is 0 Å². The number of benzene rings is 2. The molecule has 1 aliphatic heterocycles. The molecule has 1 fully saturated rings. The number of methoxy groups -OCH3 is 2. The molecule has 2 amide bonds. The summed E-state index contributed by atoms with van der Waals surface area (Å²) in [5.41, 5.74) is 1.89. The quantitative estimate of drug-likeness (QED) is 0.429. The number of urea groups is 1. The minimum atomic E-state index is -0.222. The van der Waals surface area contributed by atoms with Gasteiger partial charge in [-0.3, -0.25) is 0 Å². The molecule has 0 spiro atoms. The summed E-state index contributed by atoms with van der Waals surface area (Å²) in [6.45, 7) is 7.15. The van der Waals surface area contributed by atoms with Gasteiger partial charge >= 0.3 is 6.03 Å². The van der Waals surface area contributed by atoms with Gasteiger partial charge < -0.3 is 25.0 Å². The first-order chi connectivity index (χ1) is 16.3. The normalized spacial score (nSPS) is 15.7. The maximum Gasteiger partial charge on any atom is 0.319 e. The van der Waals surface area contributed by atoms with Crippen LogP contribution in [0.1, 0.15) is 32.3 Å². The van der Waals surface area contributed by atoms with E-state index in [0.29, 0.717) is 39.1 Å². The van der Waals surface area contributed by atoms with Crippen molar-refractivity contribution in [3.05, 3.63) is 52.0 Å². The van der Waals surface area contributed by atoms with Gasteiger partial charge in [0.2, 0.25) is 0 Å². The number of rotatable bonds is 9. The average molecular weight is 508 g/mol. The number of halogens is 2. The van der Waals surface area contributed by atoms with E-state index in [-0.39, 0.29) is 12.1 Å². The minimum Gasteiger partial charge on any atom is -0.493 e. The third kappa shape index (κ3) is 7.42. The van der Waals surface area contributed by atoms with Crippen LogP contribution in [0.5, 0.6) is 11.5 Å². The van der Waals surface area contributed by atoms with E-state index in [0.717, 1.165) is 38.9 Å². The molecule has 1 unspecified atom stereocenters. The van der Waals surface area contributed by atoms with Gasteiger partial charge in [-0.1, -0.05) is 43.1 Å². The predicted octanol–water partition coefficient (Wildman–Crippen LogP) is 6.11. The Bertz CT molecular complexity index is 962. The van der Waals surface area contributed by atoms with Crippen LogP contribution in [-0.4, -0.2) is 50.8 Å². The van der Waals surface area contributed by atoms with E-state index in [1.807, 2.05) is 12.1 Å². The molecule has 1 heterocycles. The van der Waals surface area contributed by atoms with Crippen LogP contribution in [0, 0.1) is 11.8 Å². The summed E-state index contributed by atoms with van der Waals surface area (Å²) in [6, 6.07) is 11.1. The highest BCUT2D eigenvalue weighted by Crippen LogP contribution is 2.30. The minimum absolute atomic E-state index is 0.0479. The molecule has 34 heavy (non-hydrogen) atoms. The number of ether oxygens (including phenoxy) is 2. The highest BCUT2D eigenvalue weighted by molar-refractivity contribution is 6.42. The fourth-order valence-electron chi connectivity index (χ4n) is 4.32. The van der Waals surface area contributed by atoms with Gasteiger partial charge in [0.05, 0.1) is 24.3 Å². The van der Waals surface area contributed by atoms with Gasteiger partial charge in [0.25, 0.3) is 0 Å². The molecule has 0 saturated carbocycles. The highest BCUT2D eigenvalue weighted by Gasteiger charge is 2.24. The summed E-state index contributed by atoms with van der Waals surface area (Å²) in [4.78, 5) is 15.1. The molecule has 3 rings (SSSR count). The Hall–Kier alpha value is -2.15. The lowest BCUT2D eigenvalue weighted by Crippen LogP contribution is -2.49. The molecule has 186 valence electrons. The lowest BCUT2D eigenvalue weighted by molar-refractivity contribution is 0.157. The molecular weight excluding hydrogens is 473 g/mol.